The molecule has 0 radical (unpaired) electrons. The first kappa shape index (κ1) is 17.4. The first-order valence-electron chi connectivity index (χ1n) is 8.74. The van der Waals surface area contributed by atoms with Crippen molar-refractivity contribution < 1.29 is 9.90 Å². The van der Waals surface area contributed by atoms with E-state index < -0.39 is 0 Å². The minimum Gasteiger partial charge on any atom is -0.503 e. The molecule has 1 aliphatic heterocycles. The van der Waals surface area contributed by atoms with Crippen LogP contribution < -0.4 is 0 Å². The van der Waals surface area contributed by atoms with Gasteiger partial charge in [0.05, 0.1) is 6.04 Å². The summed E-state index contributed by atoms with van der Waals surface area (Å²) in [5, 5.41) is 11.4. The van der Waals surface area contributed by atoms with E-state index in [4.69, 9.17) is 11.6 Å². The molecule has 134 valence electrons. The van der Waals surface area contributed by atoms with Crippen LogP contribution in [0.1, 0.15) is 22.7 Å². The molecule has 3 aromatic rings. The molecule has 1 N–H and O–H groups in total. The van der Waals surface area contributed by atoms with Gasteiger partial charge >= 0.3 is 0 Å². The molecule has 3 nitrogen and oxygen atoms in total. The molecule has 1 unspecified atom stereocenters. The van der Waals surface area contributed by atoms with E-state index in [2.05, 4.69) is 0 Å². The van der Waals surface area contributed by atoms with Gasteiger partial charge in [-0.25, -0.2) is 0 Å². The fraction of sp³-hybridized carbons (Fsp3) is 0.0870. The smallest absolute Gasteiger partial charge is 0.290 e. The number of hydrogen-bond donors (Lipinski definition) is 1. The molecule has 3 aromatic carbocycles. The second kappa shape index (κ2) is 7.29. The Labute approximate surface area is 163 Å². The molecule has 1 amide bonds. The lowest BCUT2D eigenvalue weighted by atomic mass is 9.93. The molecule has 0 aromatic heterocycles. The van der Waals surface area contributed by atoms with E-state index in [1.54, 1.807) is 17.0 Å². The lowest BCUT2D eigenvalue weighted by Crippen LogP contribution is -2.29. The van der Waals surface area contributed by atoms with E-state index in [0.29, 0.717) is 17.1 Å². The molecule has 4 rings (SSSR count). The van der Waals surface area contributed by atoms with Crippen molar-refractivity contribution in [3.05, 3.63) is 112 Å². The number of aliphatic hydroxyl groups excluding tert-OH is 1. The average Bonchev–Trinajstić information content (AvgIpc) is 2.96. The van der Waals surface area contributed by atoms with Gasteiger partial charge in [-0.2, -0.15) is 0 Å². The third-order valence-corrected chi connectivity index (χ3v) is 5.02. The Morgan fingerprint density at radius 1 is 0.852 bits per heavy atom. The zero-order valence-electron chi connectivity index (χ0n) is 14.5. The number of nitrogens with zero attached hydrogens (tertiary/aromatic N) is 1. The van der Waals surface area contributed by atoms with Crippen LogP contribution in [-0.4, -0.2) is 15.9 Å². The first-order chi connectivity index (χ1) is 13.1. The van der Waals surface area contributed by atoms with Gasteiger partial charge in [0.15, 0.2) is 5.76 Å². The van der Waals surface area contributed by atoms with Crippen molar-refractivity contribution in [2.24, 2.45) is 0 Å². The van der Waals surface area contributed by atoms with Gasteiger partial charge in [-0.15, -0.1) is 0 Å². The van der Waals surface area contributed by atoms with Gasteiger partial charge in [0, 0.05) is 17.1 Å². The Balaban J connectivity index is 1.79. The van der Waals surface area contributed by atoms with Gasteiger partial charge in [-0.3, -0.25) is 4.79 Å². The van der Waals surface area contributed by atoms with E-state index in [-0.39, 0.29) is 17.7 Å². The molecule has 1 atom stereocenters. The van der Waals surface area contributed by atoms with E-state index >= 15 is 0 Å². The molecule has 1 heterocycles. The zero-order valence-corrected chi connectivity index (χ0v) is 15.3. The van der Waals surface area contributed by atoms with Crippen molar-refractivity contribution in [1.82, 2.24) is 4.90 Å². The Kier molecular flexibility index (Phi) is 4.69. The summed E-state index contributed by atoms with van der Waals surface area (Å²) in [5.41, 5.74) is 3.40. The van der Waals surface area contributed by atoms with Crippen LogP contribution in [0.25, 0.3) is 5.57 Å². The van der Waals surface area contributed by atoms with Gasteiger partial charge < -0.3 is 10.0 Å². The lowest BCUT2D eigenvalue weighted by Gasteiger charge is -2.27. The zero-order chi connectivity index (χ0) is 18.8. The van der Waals surface area contributed by atoms with Crippen molar-refractivity contribution in [1.29, 1.82) is 0 Å². The number of benzene rings is 3. The molecule has 4 heteroatoms. The maximum Gasteiger partial charge on any atom is 0.290 e. The molecule has 0 spiro atoms. The van der Waals surface area contributed by atoms with Crippen molar-refractivity contribution in [3.63, 3.8) is 0 Å². The topological polar surface area (TPSA) is 40.5 Å². The summed E-state index contributed by atoms with van der Waals surface area (Å²) in [4.78, 5) is 14.6. The highest BCUT2D eigenvalue weighted by Crippen LogP contribution is 2.43. The highest BCUT2D eigenvalue weighted by molar-refractivity contribution is 6.30. The normalized spacial score (nSPS) is 16.9. The first-order valence-corrected chi connectivity index (χ1v) is 9.12. The van der Waals surface area contributed by atoms with Gasteiger partial charge in [0.25, 0.3) is 5.91 Å². The van der Waals surface area contributed by atoms with Gasteiger partial charge in [0.2, 0.25) is 0 Å². The average molecular weight is 376 g/mol. The number of aliphatic hydroxyl groups is 1. The number of amides is 1. The fourth-order valence-corrected chi connectivity index (χ4v) is 3.62. The number of carbonyl (C=O) groups excluding carboxylic acids is 1. The van der Waals surface area contributed by atoms with Crippen molar-refractivity contribution in [3.8, 4) is 0 Å². The largest absolute Gasteiger partial charge is 0.503 e. The highest BCUT2D eigenvalue weighted by Gasteiger charge is 2.40. The highest BCUT2D eigenvalue weighted by atomic mass is 35.5. The van der Waals surface area contributed by atoms with Crippen LogP contribution in [0.4, 0.5) is 0 Å². The summed E-state index contributed by atoms with van der Waals surface area (Å²) >= 11 is 5.98. The summed E-state index contributed by atoms with van der Waals surface area (Å²) < 4.78 is 0. The van der Waals surface area contributed by atoms with Crippen molar-refractivity contribution in [2.75, 3.05) is 0 Å². The van der Waals surface area contributed by atoms with E-state index in [1.165, 1.54) is 0 Å². The van der Waals surface area contributed by atoms with Gasteiger partial charge in [0.1, 0.15) is 0 Å². The van der Waals surface area contributed by atoms with Crippen molar-refractivity contribution >= 4 is 23.1 Å². The predicted molar refractivity (Wildman–Crippen MR) is 107 cm³/mol. The lowest BCUT2D eigenvalue weighted by molar-refractivity contribution is -0.130. The van der Waals surface area contributed by atoms with E-state index in [9.17, 15) is 9.90 Å². The second-order valence-electron chi connectivity index (χ2n) is 6.50. The molecule has 0 bridgehead atoms. The Hall–Kier alpha value is -3.04. The maximum absolute atomic E-state index is 12.9. The third-order valence-electron chi connectivity index (χ3n) is 4.77. The van der Waals surface area contributed by atoms with Crippen LogP contribution in [0.5, 0.6) is 0 Å². The minimum atomic E-state index is -0.363. The molecule has 0 saturated heterocycles. The van der Waals surface area contributed by atoms with Gasteiger partial charge in [-0.05, 0) is 28.8 Å². The molecule has 1 aliphatic rings. The van der Waals surface area contributed by atoms with E-state index in [1.807, 2.05) is 72.8 Å². The monoisotopic (exact) mass is 375 g/mol. The number of carbonyl (C=O) groups is 1. The Bertz CT molecular complexity index is 982. The molecule has 0 aliphatic carbocycles. The Morgan fingerprint density at radius 3 is 2.07 bits per heavy atom. The van der Waals surface area contributed by atoms with Gasteiger partial charge in [-0.1, -0.05) is 84.4 Å². The van der Waals surface area contributed by atoms with Crippen LogP contribution in [-0.2, 0) is 11.3 Å². The van der Waals surface area contributed by atoms with Crippen molar-refractivity contribution in [2.45, 2.75) is 12.6 Å². The molecule has 27 heavy (non-hydrogen) atoms. The van der Waals surface area contributed by atoms with Crippen LogP contribution in [0.3, 0.4) is 0 Å². The number of rotatable bonds is 4. The summed E-state index contributed by atoms with van der Waals surface area (Å²) in [7, 11) is 0. The molecular weight excluding hydrogens is 358 g/mol. The third kappa shape index (κ3) is 3.34. The molecule has 0 saturated carbocycles. The second-order valence-corrected chi connectivity index (χ2v) is 6.94. The standard InChI is InChI=1S/C23H18ClNO2/c24-19-13-11-16(12-14-19)15-25-21(18-9-5-2-6-10-18)20(22(26)23(25)27)17-7-3-1-4-8-17/h1-14,21,26H,15H2. The summed E-state index contributed by atoms with van der Waals surface area (Å²) in [6.07, 6.45) is 0. The SMILES string of the molecule is O=C1C(O)=C(c2ccccc2)C(c2ccccc2)N1Cc1ccc(Cl)cc1. The molecule has 0 fully saturated rings. The number of hydrogen-bond acceptors (Lipinski definition) is 2. The quantitative estimate of drug-likeness (QED) is 0.663. The fourth-order valence-electron chi connectivity index (χ4n) is 3.50. The Morgan fingerprint density at radius 2 is 1.44 bits per heavy atom. The minimum absolute atomic E-state index is 0.191. The van der Waals surface area contributed by atoms with Crippen LogP contribution >= 0.6 is 11.6 Å². The summed E-state index contributed by atoms with van der Waals surface area (Å²) in [6, 6.07) is 26.4. The predicted octanol–water partition coefficient (Wildman–Crippen LogP) is 5.39. The van der Waals surface area contributed by atoms with Crippen LogP contribution in [0, 0.1) is 0 Å². The maximum atomic E-state index is 12.9. The van der Waals surface area contributed by atoms with Crippen LogP contribution in [0.15, 0.2) is 90.7 Å². The summed E-state index contributed by atoms with van der Waals surface area (Å²) in [5.74, 6) is -0.554. The molecular formula is C23H18ClNO2. The van der Waals surface area contributed by atoms with Crippen LogP contribution in [0.2, 0.25) is 5.02 Å². The number of halogens is 1. The summed E-state index contributed by atoms with van der Waals surface area (Å²) in [6.45, 7) is 0.385. The van der Waals surface area contributed by atoms with E-state index in [0.717, 1.165) is 16.7 Å².